The molecule has 2 aromatic rings. The fraction of sp³-hybridized carbons (Fsp3) is 0.429. The summed E-state index contributed by atoms with van der Waals surface area (Å²) in [5.41, 5.74) is 14.0. The van der Waals surface area contributed by atoms with Crippen molar-refractivity contribution in [3.8, 4) is 0 Å². The van der Waals surface area contributed by atoms with Crippen LogP contribution >= 0.6 is 0 Å². The summed E-state index contributed by atoms with van der Waals surface area (Å²) in [6, 6.07) is 9.47. The second kappa shape index (κ2) is 11.7. The van der Waals surface area contributed by atoms with Crippen molar-refractivity contribution in [2.24, 2.45) is 17.4 Å². The Hall–Kier alpha value is -3.93. The first-order valence-electron chi connectivity index (χ1n) is 13.3. The minimum atomic E-state index is -3.95. The number of carbonyl (C=O) groups excluding carboxylic acids is 4. The molecule has 1 aliphatic heterocycles. The molecule has 2 aliphatic rings. The Kier molecular flexibility index (Phi) is 8.48. The van der Waals surface area contributed by atoms with Gasteiger partial charge in [0.05, 0.1) is 11.9 Å². The van der Waals surface area contributed by atoms with Crippen LogP contribution in [0, 0.1) is 12.8 Å². The van der Waals surface area contributed by atoms with E-state index in [0.717, 1.165) is 54.4 Å². The molecule has 12 heteroatoms. The molecule has 5 amide bonds. The third-order valence-electron chi connectivity index (χ3n) is 7.80. The van der Waals surface area contributed by atoms with Gasteiger partial charge in [-0.25, -0.2) is 17.5 Å². The topological polar surface area (TPSA) is 164 Å². The van der Waals surface area contributed by atoms with Crippen LogP contribution in [0.5, 0.6) is 0 Å². The lowest BCUT2D eigenvalue weighted by atomic mass is 9.74. The number of hydrogen-bond acceptors (Lipinski definition) is 6. The highest BCUT2D eigenvalue weighted by molar-refractivity contribution is 7.92. The largest absolute Gasteiger partial charge is 0.368 e. The molecule has 0 aromatic heterocycles. The third-order valence-corrected chi connectivity index (χ3v) is 8.81. The molecule has 2 aromatic carbocycles. The Balaban J connectivity index is 1.88. The normalized spacial score (nSPS) is 19.9. The van der Waals surface area contributed by atoms with Crippen molar-refractivity contribution in [2.45, 2.75) is 57.4 Å². The Morgan fingerprint density at radius 2 is 1.73 bits per heavy atom. The van der Waals surface area contributed by atoms with Crippen molar-refractivity contribution in [3.63, 3.8) is 0 Å². The Morgan fingerprint density at radius 3 is 2.33 bits per heavy atom. The molecule has 0 spiro atoms. The number of sulfonamides is 1. The molecule has 4 N–H and O–H groups in total. The van der Waals surface area contributed by atoms with Crippen molar-refractivity contribution in [3.05, 3.63) is 53.6 Å². The van der Waals surface area contributed by atoms with Gasteiger partial charge in [0.25, 0.3) is 5.91 Å². The van der Waals surface area contributed by atoms with Crippen LogP contribution in [-0.2, 0) is 24.4 Å². The summed E-state index contributed by atoms with van der Waals surface area (Å²) in [5.74, 6) is -1.10. The van der Waals surface area contributed by atoms with Gasteiger partial charge >= 0.3 is 6.03 Å². The molecule has 1 fully saturated rings. The van der Waals surface area contributed by atoms with Gasteiger partial charge in [-0.2, -0.15) is 0 Å². The van der Waals surface area contributed by atoms with Gasteiger partial charge in [0, 0.05) is 11.4 Å². The standard InChI is InChI=1S/C28H35N5O6S/c1-18-11-12-22-23(19-7-4-3-5-8-19)15-25(27(36)31(16-26(29)35)24(22)13-18)33(28(30)37)21-10-6-9-20(14-21)32(17-34)40(2,38)39/h6,9-14,17,19,23,25H,3-5,7-8,15-16H2,1-2H3,(H2,29,35)(H2,30,37). The Labute approximate surface area is 234 Å². The molecule has 1 aliphatic carbocycles. The highest BCUT2D eigenvalue weighted by Crippen LogP contribution is 2.46. The molecule has 11 nitrogen and oxygen atoms in total. The van der Waals surface area contributed by atoms with Crippen LogP contribution in [-0.4, -0.2) is 51.5 Å². The number of nitrogens with two attached hydrogens (primary N) is 2. The van der Waals surface area contributed by atoms with Gasteiger partial charge in [-0.15, -0.1) is 0 Å². The number of primary amides is 2. The number of aryl methyl sites for hydroxylation is 1. The van der Waals surface area contributed by atoms with E-state index >= 15 is 0 Å². The number of rotatable bonds is 8. The molecule has 0 bridgehead atoms. The molecule has 40 heavy (non-hydrogen) atoms. The van der Waals surface area contributed by atoms with E-state index in [2.05, 4.69) is 0 Å². The monoisotopic (exact) mass is 569 g/mol. The van der Waals surface area contributed by atoms with Crippen LogP contribution in [0.25, 0.3) is 0 Å². The van der Waals surface area contributed by atoms with Crippen molar-refractivity contribution < 1.29 is 27.6 Å². The van der Waals surface area contributed by atoms with E-state index in [4.69, 9.17) is 11.5 Å². The van der Waals surface area contributed by atoms with Gasteiger partial charge < -0.3 is 16.4 Å². The summed E-state index contributed by atoms with van der Waals surface area (Å²) in [6.07, 6.45) is 6.45. The van der Waals surface area contributed by atoms with Crippen molar-refractivity contribution in [1.29, 1.82) is 0 Å². The van der Waals surface area contributed by atoms with Gasteiger partial charge in [0.2, 0.25) is 22.3 Å². The maximum atomic E-state index is 14.2. The fourth-order valence-electron chi connectivity index (χ4n) is 6.06. The van der Waals surface area contributed by atoms with Gasteiger partial charge in [0.1, 0.15) is 12.6 Å². The number of nitrogens with zero attached hydrogens (tertiary/aromatic N) is 3. The van der Waals surface area contributed by atoms with Crippen molar-refractivity contribution in [2.75, 3.05) is 26.9 Å². The zero-order valence-electron chi connectivity index (χ0n) is 22.7. The predicted octanol–water partition coefficient (Wildman–Crippen LogP) is 2.76. The van der Waals surface area contributed by atoms with Gasteiger partial charge in [-0.1, -0.05) is 37.5 Å². The summed E-state index contributed by atoms with van der Waals surface area (Å²) in [5, 5.41) is 0. The van der Waals surface area contributed by atoms with Crippen LogP contribution < -0.4 is 25.6 Å². The SMILES string of the molecule is Cc1ccc2c(c1)N(CC(N)=O)C(=O)C(N(C(N)=O)c1cccc(N(C=O)S(C)(=O)=O)c1)CC2C1CCCCC1. The highest BCUT2D eigenvalue weighted by Gasteiger charge is 2.43. The molecule has 0 radical (unpaired) electrons. The molecule has 2 unspecified atom stereocenters. The number of benzene rings is 2. The molecule has 214 valence electrons. The van der Waals surface area contributed by atoms with Crippen molar-refractivity contribution in [1.82, 2.24) is 0 Å². The molecule has 1 saturated carbocycles. The number of fused-ring (bicyclic) bond motifs is 1. The summed E-state index contributed by atoms with van der Waals surface area (Å²) >= 11 is 0. The summed E-state index contributed by atoms with van der Waals surface area (Å²) < 4.78 is 24.9. The summed E-state index contributed by atoms with van der Waals surface area (Å²) in [6.45, 7) is 1.51. The van der Waals surface area contributed by atoms with E-state index in [0.29, 0.717) is 9.99 Å². The first-order chi connectivity index (χ1) is 18.9. The lowest BCUT2D eigenvalue weighted by Gasteiger charge is -2.35. The first-order valence-corrected chi connectivity index (χ1v) is 15.1. The van der Waals surface area contributed by atoms with Crippen LogP contribution in [0.15, 0.2) is 42.5 Å². The van der Waals surface area contributed by atoms with Gasteiger partial charge in [0.15, 0.2) is 0 Å². The zero-order valence-corrected chi connectivity index (χ0v) is 23.5. The average Bonchev–Trinajstić information content (AvgIpc) is 2.99. The molecule has 4 rings (SSSR count). The molecule has 1 heterocycles. The van der Waals surface area contributed by atoms with E-state index in [1.807, 2.05) is 25.1 Å². The van der Waals surface area contributed by atoms with E-state index in [1.165, 1.54) is 29.2 Å². The first kappa shape index (κ1) is 29.1. The fourth-order valence-corrected chi connectivity index (χ4v) is 6.71. The smallest absolute Gasteiger partial charge is 0.320 e. The van der Waals surface area contributed by atoms with Crippen LogP contribution in [0.3, 0.4) is 0 Å². The van der Waals surface area contributed by atoms with Crippen LogP contribution in [0.1, 0.15) is 55.6 Å². The lowest BCUT2D eigenvalue weighted by molar-refractivity contribution is -0.123. The molecule has 0 saturated heterocycles. The number of hydrogen-bond donors (Lipinski definition) is 2. The number of urea groups is 1. The van der Waals surface area contributed by atoms with E-state index in [1.54, 1.807) is 0 Å². The third kappa shape index (κ3) is 5.96. The number of amides is 5. The van der Waals surface area contributed by atoms with Crippen molar-refractivity contribution >= 4 is 51.3 Å². The molecule has 2 atom stereocenters. The second-order valence-corrected chi connectivity index (χ2v) is 12.5. The summed E-state index contributed by atoms with van der Waals surface area (Å²) in [7, 11) is -3.95. The maximum Gasteiger partial charge on any atom is 0.320 e. The summed E-state index contributed by atoms with van der Waals surface area (Å²) in [4.78, 5) is 53.5. The second-order valence-electron chi connectivity index (χ2n) is 10.6. The van der Waals surface area contributed by atoms with Gasteiger partial charge in [-0.3, -0.25) is 19.3 Å². The Morgan fingerprint density at radius 1 is 1.05 bits per heavy atom. The lowest BCUT2D eigenvalue weighted by Crippen LogP contribution is -2.54. The minimum Gasteiger partial charge on any atom is -0.368 e. The highest BCUT2D eigenvalue weighted by atomic mass is 32.2. The van der Waals surface area contributed by atoms with E-state index < -0.39 is 33.9 Å². The minimum absolute atomic E-state index is 0.0148. The predicted molar refractivity (Wildman–Crippen MR) is 152 cm³/mol. The number of carbonyl (C=O) groups is 4. The average molecular weight is 570 g/mol. The van der Waals surface area contributed by atoms with Crippen LogP contribution in [0.4, 0.5) is 21.9 Å². The number of anilines is 3. The Bertz CT molecular complexity index is 1420. The van der Waals surface area contributed by atoms with E-state index in [-0.39, 0.29) is 42.6 Å². The molecular weight excluding hydrogens is 534 g/mol. The molecular formula is C28H35N5O6S. The quantitative estimate of drug-likeness (QED) is 0.464. The van der Waals surface area contributed by atoms with Gasteiger partial charge in [-0.05, 0) is 73.4 Å². The van der Waals surface area contributed by atoms with Crippen LogP contribution in [0.2, 0.25) is 0 Å². The van der Waals surface area contributed by atoms with E-state index in [9.17, 15) is 27.6 Å². The maximum absolute atomic E-state index is 14.2. The zero-order chi connectivity index (χ0) is 29.2.